The van der Waals surface area contributed by atoms with Crippen molar-refractivity contribution in [3.05, 3.63) is 58.7 Å². The Hall–Kier alpha value is -2.44. The van der Waals surface area contributed by atoms with Gasteiger partial charge >= 0.3 is 0 Å². The van der Waals surface area contributed by atoms with E-state index in [1.807, 2.05) is 48.5 Å². The van der Waals surface area contributed by atoms with Crippen LogP contribution in [-0.4, -0.2) is 9.97 Å². The van der Waals surface area contributed by atoms with E-state index in [1.165, 1.54) is 0 Å². The molecule has 4 rings (SSSR count). The van der Waals surface area contributed by atoms with Gasteiger partial charge in [-0.05, 0) is 30.4 Å². The van der Waals surface area contributed by atoms with E-state index in [4.69, 9.17) is 16.6 Å². The number of nitrogens with one attached hydrogen (secondary N) is 2. The maximum Gasteiger partial charge on any atom is 0.299 e. The fourth-order valence-electron chi connectivity index (χ4n) is 2.21. The molecule has 0 bridgehead atoms. The van der Waals surface area contributed by atoms with Crippen molar-refractivity contribution < 1.29 is 4.42 Å². The standard InChI is InChI=1S/C16H11N3OS2/c21-16-19-12-7-6-11(8-14(12)22-16)18-15-17-9-13(20-15)10-4-2-1-3-5-10/h1-9H,(H,17,18)(H,19,21). The smallest absolute Gasteiger partial charge is 0.299 e. The SMILES string of the molecule is S=c1[nH]c2ccc(Nc3ncc(-c4ccccc4)o3)cc2s1. The summed E-state index contributed by atoms with van der Waals surface area (Å²) in [6.45, 7) is 0. The lowest BCUT2D eigenvalue weighted by Gasteiger charge is -2.01. The fourth-order valence-corrected chi connectivity index (χ4v) is 3.37. The van der Waals surface area contributed by atoms with Crippen molar-refractivity contribution in [1.82, 2.24) is 9.97 Å². The normalized spacial score (nSPS) is 10.9. The van der Waals surface area contributed by atoms with E-state index >= 15 is 0 Å². The molecule has 0 spiro atoms. The number of oxazole rings is 1. The number of H-pyrrole nitrogens is 1. The zero-order chi connectivity index (χ0) is 14.9. The lowest BCUT2D eigenvalue weighted by molar-refractivity contribution is 0.592. The Balaban J connectivity index is 1.62. The van der Waals surface area contributed by atoms with Crippen molar-refractivity contribution in [3.63, 3.8) is 0 Å². The van der Waals surface area contributed by atoms with Crippen LogP contribution in [0.2, 0.25) is 0 Å². The molecular weight excluding hydrogens is 314 g/mol. The molecule has 0 fully saturated rings. The first kappa shape index (κ1) is 13.2. The third-order valence-corrected chi connectivity index (χ3v) is 4.43. The Kier molecular flexibility index (Phi) is 3.25. The summed E-state index contributed by atoms with van der Waals surface area (Å²) in [4.78, 5) is 7.41. The number of anilines is 2. The van der Waals surface area contributed by atoms with Crippen LogP contribution in [0.3, 0.4) is 0 Å². The average molecular weight is 325 g/mol. The molecule has 0 unspecified atom stereocenters. The number of aromatic amines is 1. The van der Waals surface area contributed by atoms with Crippen LogP contribution in [0.1, 0.15) is 0 Å². The molecule has 2 aromatic heterocycles. The van der Waals surface area contributed by atoms with Crippen LogP contribution in [0.4, 0.5) is 11.7 Å². The molecular formula is C16H11N3OS2. The predicted octanol–water partition coefficient (Wildman–Crippen LogP) is 5.36. The third kappa shape index (κ3) is 2.54. The first-order valence-corrected chi connectivity index (χ1v) is 7.91. The number of hydrogen-bond acceptors (Lipinski definition) is 5. The Morgan fingerprint density at radius 3 is 2.86 bits per heavy atom. The largest absolute Gasteiger partial charge is 0.423 e. The topological polar surface area (TPSA) is 53.9 Å². The second kappa shape index (κ2) is 5.40. The lowest BCUT2D eigenvalue weighted by Crippen LogP contribution is -1.89. The summed E-state index contributed by atoms with van der Waals surface area (Å²) in [6.07, 6.45) is 1.72. The van der Waals surface area contributed by atoms with Gasteiger partial charge in [-0.15, -0.1) is 11.3 Å². The van der Waals surface area contributed by atoms with E-state index in [0.29, 0.717) is 6.01 Å². The highest BCUT2D eigenvalue weighted by Crippen LogP contribution is 2.27. The number of benzene rings is 2. The highest BCUT2D eigenvalue weighted by atomic mass is 32.1. The zero-order valence-electron chi connectivity index (χ0n) is 11.4. The molecule has 22 heavy (non-hydrogen) atoms. The molecule has 0 saturated carbocycles. The maximum atomic E-state index is 5.74. The number of hydrogen-bond donors (Lipinski definition) is 2. The van der Waals surface area contributed by atoms with Gasteiger partial charge in [0.15, 0.2) is 9.71 Å². The Morgan fingerprint density at radius 1 is 1.14 bits per heavy atom. The van der Waals surface area contributed by atoms with E-state index in [9.17, 15) is 0 Å². The molecule has 6 heteroatoms. The minimum Gasteiger partial charge on any atom is -0.423 e. The van der Waals surface area contributed by atoms with Gasteiger partial charge in [0.05, 0.1) is 16.4 Å². The Labute approximate surface area is 135 Å². The summed E-state index contributed by atoms with van der Waals surface area (Å²) in [5.74, 6) is 0.737. The van der Waals surface area contributed by atoms with E-state index in [2.05, 4.69) is 15.3 Å². The fraction of sp³-hybridized carbons (Fsp3) is 0. The second-order valence-electron chi connectivity index (χ2n) is 4.75. The monoisotopic (exact) mass is 325 g/mol. The van der Waals surface area contributed by atoms with E-state index in [1.54, 1.807) is 17.5 Å². The summed E-state index contributed by atoms with van der Waals surface area (Å²) in [6, 6.07) is 16.3. The molecule has 2 heterocycles. The molecule has 2 aromatic carbocycles. The highest BCUT2D eigenvalue weighted by molar-refractivity contribution is 7.73. The number of fused-ring (bicyclic) bond motifs is 1. The van der Waals surface area contributed by atoms with Gasteiger partial charge in [0.2, 0.25) is 0 Å². The molecule has 2 N–H and O–H groups in total. The molecule has 0 aliphatic heterocycles. The zero-order valence-corrected chi connectivity index (χ0v) is 13.0. The molecule has 4 nitrogen and oxygen atoms in total. The van der Waals surface area contributed by atoms with Crippen molar-refractivity contribution in [2.45, 2.75) is 0 Å². The first-order valence-electron chi connectivity index (χ1n) is 6.69. The van der Waals surface area contributed by atoms with Gasteiger partial charge in [0.1, 0.15) is 0 Å². The lowest BCUT2D eigenvalue weighted by atomic mass is 10.2. The number of aromatic nitrogens is 2. The quantitative estimate of drug-likeness (QED) is 0.498. The summed E-state index contributed by atoms with van der Waals surface area (Å²) in [7, 11) is 0. The van der Waals surface area contributed by atoms with Crippen molar-refractivity contribution in [2.75, 3.05) is 5.32 Å². The maximum absolute atomic E-state index is 5.74. The van der Waals surface area contributed by atoms with Crippen molar-refractivity contribution in [2.24, 2.45) is 0 Å². The molecule has 0 saturated heterocycles. The number of thiazole rings is 1. The Morgan fingerprint density at radius 2 is 2.00 bits per heavy atom. The van der Waals surface area contributed by atoms with Gasteiger partial charge < -0.3 is 14.7 Å². The van der Waals surface area contributed by atoms with Gasteiger partial charge in [0, 0.05) is 11.3 Å². The van der Waals surface area contributed by atoms with Gasteiger partial charge in [-0.2, -0.15) is 0 Å². The van der Waals surface area contributed by atoms with Gasteiger partial charge in [0.25, 0.3) is 6.01 Å². The van der Waals surface area contributed by atoms with Crippen molar-refractivity contribution in [1.29, 1.82) is 0 Å². The molecule has 0 amide bonds. The van der Waals surface area contributed by atoms with Crippen LogP contribution in [0, 0.1) is 3.95 Å². The third-order valence-electron chi connectivity index (χ3n) is 3.24. The molecule has 0 aliphatic carbocycles. The summed E-state index contributed by atoms with van der Waals surface area (Å²) in [5, 5.41) is 3.18. The highest BCUT2D eigenvalue weighted by Gasteiger charge is 2.07. The predicted molar refractivity (Wildman–Crippen MR) is 92.2 cm³/mol. The average Bonchev–Trinajstić information content (AvgIpc) is 3.13. The van der Waals surface area contributed by atoms with Crippen LogP contribution >= 0.6 is 23.6 Å². The minimum absolute atomic E-state index is 0.470. The van der Waals surface area contributed by atoms with E-state index < -0.39 is 0 Å². The van der Waals surface area contributed by atoms with Gasteiger partial charge in [-0.3, -0.25) is 0 Å². The van der Waals surface area contributed by atoms with Gasteiger partial charge in [-0.25, -0.2) is 4.98 Å². The van der Waals surface area contributed by atoms with Crippen LogP contribution < -0.4 is 5.32 Å². The second-order valence-corrected chi connectivity index (χ2v) is 6.47. The molecule has 0 atom stereocenters. The van der Waals surface area contributed by atoms with Crippen molar-refractivity contribution >= 4 is 45.5 Å². The summed E-state index contributed by atoms with van der Waals surface area (Å²) >= 11 is 6.70. The van der Waals surface area contributed by atoms with Crippen LogP contribution in [0.25, 0.3) is 21.5 Å². The van der Waals surface area contributed by atoms with Crippen LogP contribution in [-0.2, 0) is 0 Å². The molecule has 108 valence electrons. The minimum atomic E-state index is 0.470. The molecule has 4 aromatic rings. The summed E-state index contributed by atoms with van der Waals surface area (Å²) < 4.78 is 7.62. The van der Waals surface area contributed by atoms with Crippen LogP contribution in [0.5, 0.6) is 0 Å². The number of rotatable bonds is 3. The van der Waals surface area contributed by atoms with E-state index in [-0.39, 0.29) is 0 Å². The first-order chi connectivity index (χ1) is 10.8. The van der Waals surface area contributed by atoms with Crippen LogP contribution in [0.15, 0.2) is 59.1 Å². The number of nitrogens with zero attached hydrogens (tertiary/aromatic N) is 1. The van der Waals surface area contributed by atoms with E-state index in [0.717, 1.165) is 31.2 Å². The van der Waals surface area contributed by atoms with Crippen molar-refractivity contribution in [3.8, 4) is 11.3 Å². The Bertz CT molecular complexity index is 985. The summed E-state index contributed by atoms with van der Waals surface area (Å²) in [5.41, 5.74) is 2.96. The molecule has 0 radical (unpaired) electrons. The molecule has 0 aliphatic rings. The van der Waals surface area contributed by atoms with Gasteiger partial charge in [-0.1, -0.05) is 30.3 Å².